The van der Waals surface area contributed by atoms with Gasteiger partial charge in [-0.15, -0.1) is 0 Å². The molecule has 5 heteroatoms. The topological polar surface area (TPSA) is 64.6 Å². The molecule has 0 aliphatic carbocycles. The molecule has 1 amide bonds. The van der Waals surface area contributed by atoms with Crippen molar-refractivity contribution in [1.29, 1.82) is 0 Å². The van der Waals surface area contributed by atoms with E-state index in [1.807, 2.05) is 61.5 Å². The Morgan fingerprint density at radius 3 is 2.26 bits per heavy atom. The first kappa shape index (κ1) is 20.5. The van der Waals surface area contributed by atoms with E-state index in [4.69, 9.17) is 9.47 Å². The summed E-state index contributed by atoms with van der Waals surface area (Å²) in [6.45, 7) is 7.53. The highest BCUT2D eigenvalue weighted by Gasteiger charge is 2.19. The third kappa shape index (κ3) is 6.44. The molecule has 2 aromatic rings. The van der Waals surface area contributed by atoms with Gasteiger partial charge in [0.15, 0.2) is 13.2 Å². The molecule has 2 aromatic carbocycles. The number of nitrogens with one attached hydrogen (secondary N) is 1. The van der Waals surface area contributed by atoms with Crippen molar-refractivity contribution in [1.82, 2.24) is 5.32 Å². The van der Waals surface area contributed by atoms with Gasteiger partial charge in [-0.3, -0.25) is 4.79 Å². The molecule has 0 bridgehead atoms. The van der Waals surface area contributed by atoms with Crippen molar-refractivity contribution in [2.75, 3.05) is 13.2 Å². The molecule has 0 radical (unpaired) electrons. The van der Waals surface area contributed by atoms with Crippen molar-refractivity contribution in [2.24, 2.45) is 0 Å². The summed E-state index contributed by atoms with van der Waals surface area (Å²) in [5, 5.41) is 2.80. The summed E-state index contributed by atoms with van der Waals surface area (Å²) in [5.41, 5.74) is 1.89. The van der Waals surface area contributed by atoms with E-state index in [1.54, 1.807) is 0 Å². The first-order valence-corrected chi connectivity index (χ1v) is 8.99. The van der Waals surface area contributed by atoms with Crippen LogP contribution in [0.15, 0.2) is 54.6 Å². The Hall–Kier alpha value is -2.82. The Morgan fingerprint density at radius 2 is 1.59 bits per heavy atom. The van der Waals surface area contributed by atoms with Crippen LogP contribution >= 0.6 is 0 Å². The Kier molecular flexibility index (Phi) is 6.99. The fourth-order valence-corrected chi connectivity index (χ4v) is 2.64. The van der Waals surface area contributed by atoms with Gasteiger partial charge in [-0.05, 0) is 29.5 Å². The highest BCUT2D eigenvalue weighted by molar-refractivity contribution is 5.81. The molecule has 2 rings (SSSR count). The average Bonchev–Trinajstić information content (AvgIpc) is 2.65. The van der Waals surface area contributed by atoms with Gasteiger partial charge in [-0.25, -0.2) is 4.79 Å². The summed E-state index contributed by atoms with van der Waals surface area (Å²) in [5.74, 6) is -0.292. The molecule has 27 heavy (non-hydrogen) atoms. The number of hydrogen-bond donors (Lipinski definition) is 1. The Morgan fingerprint density at radius 1 is 0.963 bits per heavy atom. The molecule has 0 aromatic heterocycles. The summed E-state index contributed by atoms with van der Waals surface area (Å²) >= 11 is 0. The minimum Gasteiger partial charge on any atom is -0.482 e. The van der Waals surface area contributed by atoms with Gasteiger partial charge in [-0.2, -0.15) is 0 Å². The lowest BCUT2D eigenvalue weighted by molar-refractivity contribution is -0.150. The summed E-state index contributed by atoms with van der Waals surface area (Å²) in [4.78, 5) is 23.9. The minimum atomic E-state index is -0.582. The Balaban J connectivity index is 1.79. The first-order valence-electron chi connectivity index (χ1n) is 8.99. The molecule has 0 heterocycles. The molecule has 0 fully saturated rings. The minimum absolute atomic E-state index is 0.103. The number of benzene rings is 2. The first-order chi connectivity index (χ1) is 12.8. The van der Waals surface area contributed by atoms with Gasteiger partial charge in [0.05, 0.1) is 6.04 Å². The third-order valence-corrected chi connectivity index (χ3v) is 4.08. The van der Waals surface area contributed by atoms with E-state index in [0.717, 1.165) is 11.1 Å². The van der Waals surface area contributed by atoms with Crippen LogP contribution in [0.25, 0.3) is 0 Å². The van der Waals surface area contributed by atoms with Gasteiger partial charge in [0.1, 0.15) is 5.75 Å². The standard InChI is InChI=1S/C22H27NO4/c1-16(17-10-6-5-7-11-17)23-20(24)14-27-21(25)15-26-19-13-9-8-12-18(19)22(2,3)4/h5-13,16H,14-15H2,1-4H3,(H,23,24)/t16-/m1/s1. The van der Waals surface area contributed by atoms with Crippen molar-refractivity contribution in [2.45, 2.75) is 39.2 Å². The van der Waals surface area contributed by atoms with E-state index in [2.05, 4.69) is 26.1 Å². The summed E-state index contributed by atoms with van der Waals surface area (Å²) in [7, 11) is 0. The molecular formula is C22H27NO4. The maximum Gasteiger partial charge on any atom is 0.344 e. The second kappa shape index (κ2) is 9.21. The monoisotopic (exact) mass is 369 g/mol. The van der Waals surface area contributed by atoms with E-state index < -0.39 is 5.97 Å². The second-order valence-electron chi connectivity index (χ2n) is 7.40. The van der Waals surface area contributed by atoms with Crippen LogP contribution in [0.1, 0.15) is 44.9 Å². The number of amides is 1. The van der Waals surface area contributed by atoms with Crippen molar-refractivity contribution in [3.05, 3.63) is 65.7 Å². The molecule has 0 unspecified atom stereocenters. The molecule has 0 aliphatic rings. The van der Waals surface area contributed by atoms with Crippen LogP contribution in [0.4, 0.5) is 0 Å². The van der Waals surface area contributed by atoms with Gasteiger partial charge < -0.3 is 14.8 Å². The molecule has 0 saturated carbocycles. The number of ether oxygens (including phenoxy) is 2. The number of hydrogen-bond acceptors (Lipinski definition) is 4. The number of carbonyl (C=O) groups is 2. The lowest BCUT2D eigenvalue weighted by Gasteiger charge is -2.22. The maximum absolute atomic E-state index is 12.0. The van der Waals surface area contributed by atoms with Crippen molar-refractivity contribution in [3.8, 4) is 5.75 Å². The van der Waals surface area contributed by atoms with Gasteiger partial charge >= 0.3 is 5.97 Å². The highest BCUT2D eigenvalue weighted by atomic mass is 16.6. The second-order valence-corrected chi connectivity index (χ2v) is 7.40. The number of esters is 1. The maximum atomic E-state index is 12.0. The molecule has 1 atom stereocenters. The van der Waals surface area contributed by atoms with Gasteiger partial charge in [0, 0.05) is 0 Å². The summed E-state index contributed by atoms with van der Waals surface area (Å²) in [6.07, 6.45) is 0. The van der Waals surface area contributed by atoms with E-state index in [0.29, 0.717) is 5.75 Å². The third-order valence-electron chi connectivity index (χ3n) is 4.08. The Bertz CT molecular complexity index is 765. The molecule has 0 saturated heterocycles. The largest absolute Gasteiger partial charge is 0.482 e. The fourth-order valence-electron chi connectivity index (χ4n) is 2.64. The van der Waals surface area contributed by atoms with Crippen LogP contribution in [0.2, 0.25) is 0 Å². The van der Waals surface area contributed by atoms with Crippen molar-refractivity contribution in [3.63, 3.8) is 0 Å². The molecule has 0 spiro atoms. The predicted octanol–water partition coefficient (Wildman–Crippen LogP) is 3.78. The van der Waals surface area contributed by atoms with Crippen molar-refractivity contribution >= 4 is 11.9 Å². The number of para-hydroxylation sites is 1. The summed E-state index contributed by atoms with van der Waals surface area (Å²) < 4.78 is 10.6. The highest BCUT2D eigenvalue weighted by Crippen LogP contribution is 2.30. The van der Waals surface area contributed by atoms with Gasteiger partial charge in [0.25, 0.3) is 5.91 Å². The van der Waals surface area contributed by atoms with E-state index in [1.165, 1.54) is 0 Å². The van der Waals surface area contributed by atoms with Crippen LogP contribution in [0.3, 0.4) is 0 Å². The fraction of sp³-hybridized carbons (Fsp3) is 0.364. The Labute approximate surface area is 160 Å². The van der Waals surface area contributed by atoms with Crippen LogP contribution < -0.4 is 10.1 Å². The quantitative estimate of drug-likeness (QED) is 0.754. The summed E-state index contributed by atoms with van der Waals surface area (Å²) in [6, 6.07) is 17.0. The molecule has 144 valence electrons. The van der Waals surface area contributed by atoms with Gasteiger partial charge in [-0.1, -0.05) is 69.3 Å². The van der Waals surface area contributed by atoms with E-state index in [9.17, 15) is 9.59 Å². The number of rotatable bonds is 7. The molecule has 0 aliphatic heterocycles. The van der Waals surface area contributed by atoms with E-state index >= 15 is 0 Å². The lowest BCUT2D eigenvalue weighted by Crippen LogP contribution is -2.32. The lowest BCUT2D eigenvalue weighted by atomic mass is 9.86. The van der Waals surface area contributed by atoms with Crippen molar-refractivity contribution < 1.29 is 19.1 Å². The van der Waals surface area contributed by atoms with Crippen LogP contribution in [-0.2, 0) is 19.7 Å². The van der Waals surface area contributed by atoms with Gasteiger partial charge in [0.2, 0.25) is 0 Å². The zero-order chi connectivity index (χ0) is 19.9. The number of carbonyl (C=O) groups excluding carboxylic acids is 2. The van der Waals surface area contributed by atoms with Crippen LogP contribution in [0.5, 0.6) is 5.75 Å². The van der Waals surface area contributed by atoms with Crippen LogP contribution in [-0.4, -0.2) is 25.1 Å². The average molecular weight is 369 g/mol. The zero-order valence-corrected chi connectivity index (χ0v) is 16.3. The molecule has 5 nitrogen and oxygen atoms in total. The molecule has 1 N–H and O–H groups in total. The van der Waals surface area contributed by atoms with E-state index in [-0.39, 0.29) is 30.6 Å². The normalized spacial score (nSPS) is 12.1. The van der Waals surface area contributed by atoms with Crippen LogP contribution in [0, 0.1) is 0 Å². The smallest absolute Gasteiger partial charge is 0.344 e. The zero-order valence-electron chi connectivity index (χ0n) is 16.3. The molecular weight excluding hydrogens is 342 g/mol. The predicted molar refractivity (Wildman–Crippen MR) is 105 cm³/mol. The SMILES string of the molecule is C[C@@H](NC(=O)COC(=O)COc1ccccc1C(C)(C)C)c1ccccc1.